The van der Waals surface area contributed by atoms with Crippen LogP contribution in [0.1, 0.15) is 18.0 Å². The Labute approximate surface area is 82.6 Å². The first kappa shape index (κ1) is 8.00. The zero-order valence-electron chi connectivity index (χ0n) is 7.93. The van der Waals surface area contributed by atoms with Gasteiger partial charge in [0, 0.05) is 24.0 Å². The molecule has 3 heteroatoms. The van der Waals surface area contributed by atoms with Crippen LogP contribution in [0.4, 0.5) is 0 Å². The summed E-state index contributed by atoms with van der Waals surface area (Å²) in [4.78, 5) is 4.37. The van der Waals surface area contributed by atoms with E-state index in [0.29, 0.717) is 11.8 Å². The fourth-order valence-corrected chi connectivity index (χ4v) is 2.10. The highest BCUT2D eigenvalue weighted by Gasteiger charge is 2.38. The van der Waals surface area contributed by atoms with Gasteiger partial charge in [-0.1, -0.05) is 6.07 Å². The lowest BCUT2D eigenvalue weighted by atomic mass is 10.2. The van der Waals surface area contributed by atoms with Gasteiger partial charge < -0.3 is 10.1 Å². The molecule has 14 heavy (non-hydrogen) atoms. The van der Waals surface area contributed by atoms with Crippen molar-refractivity contribution < 1.29 is 0 Å². The highest BCUT2D eigenvalue weighted by Crippen LogP contribution is 2.46. The Morgan fingerprint density at radius 3 is 3.21 bits per heavy atom. The van der Waals surface area contributed by atoms with Gasteiger partial charge in [0.25, 0.3) is 0 Å². The highest BCUT2D eigenvalue weighted by atomic mass is 15.0. The Balaban J connectivity index is 2.06. The van der Waals surface area contributed by atoms with Crippen LogP contribution < -0.4 is 5.73 Å². The van der Waals surface area contributed by atoms with Gasteiger partial charge in [-0.2, -0.15) is 0 Å². The summed E-state index contributed by atoms with van der Waals surface area (Å²) in [7, 11) is 0. The van der Waals surface area contributed by atoms with Crippen molar-refractivity contribution in [1.29, 1.82) is 0 Å². The van der Waals surface area contributed by atoms with Crippen LogP contribution in [0.15, 0.2) is 30.6 Å². The first-order chi connectivity index (χ1) is 6.90. The summed E-state index contributed by atoms with van der Waals surface area (Å²) < 4.78 is 2.17. The van der Waals surface area contributed by atoms with Crippen LogP contribution in [0.3, 0.4) is 0 Å². The molecule has 2 N–H and O–H groups in total. The van der Waals surface area contributed by atoms with Crippen molar-refractivity contribution in [3.63, 3.8) is 0 Å². The summed E-state index contributed by atoms with van der Waals surface area (Å²) in [5, 5.41) is 0. The molecule has 2 aromatic heterocycles. The van der Waals surface area contributed by atoms with Crippen LogP contribution in [0.2, 0.25) is 0 Å². The van der Waals surface area contributed by atoms with Gasteiger partial charge >= 0.3 is 0 Å². The third kappa shape index (κ3) is 1.06. The quantitative estimate of drug-likeness (QED) is 0.772. The Kier molecular flexibility index (Phi) is 1.61. The molecule has 0 amide bonds. The molecule has 1 saturated carbocycles. The molecule has 0 aliphatic heterocycles. The van der Waals surface area contributed by atoms with E-state index in [9.17, 15) is 0 Å². The second kappa shape index (κ2) is 2.82. The molecule has 0 bridgehead atoms. The van der Waals surface area contributed by atoms with Gasteiger partial charge in [-0.3, -0.25) is 0 Å². The lowest BCUT2D eigenvalue weighted by Gasteiger charge is -1.98. The minimum absolute atomic E-state index is 0.636. The molecular formula is C11H13N3. The standard InChI is InChI=1S/C11H13N3/c12-6-8-5-9(8)10-7-13-11-3-1-2-4-14(10)11/h1-4,7-9H,5-6,12H2. The largest absolute Gasteiger partial charge is 0.330 e. The van der Waals surface area contributed by atoms with Crippen molar-refractivity contribution in [2.24, 2.45) is 11.7 Å². The number of fused-ring (bicyclic) bond motifs is 1. The van der Waals surface area contributed by atoms with Gasteiger partial charge in [-0.25, -0.2) is 4.98 Å². The number of hydrogen-bond donors (Lipinski definition) is 1. The summed E-state index contributed by atoms with van der Waals surface area (Å²) in [6.07, 6.45) is 5.28. The first-order valence-electron chi connectivity index (χ1n) is 5.02. The van der Waals surface area contributed by atoms with Gasteiger partial charge in [0.15, 0.2) is 0 Å². The van der Waals surface area contributed by atoms with Gasteiger partial charge in [0.1, 0.15) is 5.65 Å². The molecule has 3 nitrogen and oxygen atoms in total. The maximum atomic E-state index is 5.64. The molecule has 0 radical (unpaired) electrons. The molecule has 1 aliphatic carbocycles. The molecule has 2 aromatic rings. The van der Waals surface area contributed by atoms with E-state index in [0.717, 1.165) is 12.2 Å². The lowest BCUT2D eigenvalue weighted by molar-refractivity contribution is 0.792. The molecular weight excluding hydrogens is 174 g/mol. The SMILES string of the molecule is NCC1CC1c1cnc2ccccn12. The molecule has 2 atom stereocenters. The van der Waals surface area contributed by atoms with Crippen LogP contribution in [0.25, 0.3) is 5.65 Å². The predicted octanol–water partition coefficient (Wildman–Crippen LogP) is 1.40. The van der Waals surface area contributed by atoms with Gasteiger partial charge in [-0.15, -0.1) is 0 Å². The Hall–Kier alpha value is -1.35. The average molecular weight is 187 g/mol. The van der Waals surface area contributed by atoms with Crippen LogP contribution >= 0.6 is 0 Å². The summed E-state index contributed by atoms with van der Waals surface area (Å²) >= 11 is 0. The first-order valence-corrected chi connectivity index (χ1v) is 5.02. The van der Waals surface area contributed by atoms with Crippen LogP contribution in [0.5, 0.6) is 0 Å². The van der Waals surface area contributed by atoms with Gasteiger partial charge in [0.2, 0.25) is 0 Å². The number of imidazole rings is 1. The maximum absolute atomic E-state index is 5.64. The number of nitrogens with zero attached hydrogens (tertiary/aromatic N) is 2. The summed E-state index contributed by atoms with van der Waals surface area (Å²) in [5.74, 6) is 1.31. The Morgan fingerprint density at radius 2 is 2.43 bits per heavy atom. The summed E-state index contributed by atoms with van der Waals surface area (Å²) in [6, 6.07) is 6.08. The van der Waals surface area contributed by atoms with E-state index in [-0.39, 0.29) is 0 Å². The van der Waals surface area contributed by atoms with E-state index in [1.165, 1.54) is 12.1 Å². The second-order valence-corrected chi connectivity index (χ2v) is 3.95. The third-order valence-corrected chi connectivity index (χ3v) is 3.05. The summed E-state index contributed by atoms with van der Waals surface area (Å²) in [6.45, 7) is 0.796. The fraction of sp³-hybridized carbons (Fsp3) is 0.364. The Morgan fingerprint density at radius 1 is 1.50 bits per heavy atom. The topological polar surface area (TPSA) is 43.3 Å². The number of pyridine rings is 1. The maximum Gasteiger partial charge on any atom is 0.136 e. The van der Waals surface area contributed by atoms with Crippen molar-refractivity contribution in [2.75, 3.05) is 6.54 Å². The fourth-order valence-electron chi connectivity index (χ4n) is 2.10. The molecule has 0 aromatic carbocycles. The van der Waals surface area contributed by atoms with Crippen molar-refractivity contribution in [1.82, 2.24) is 9.38 Å². The third-order valence-electron chi connectivity index (χ3n) is 3.05. The smallest absolute Gasteiger partial charge is 0.136 e. The number of aromatic nitrogens is 2. The molecule has 0 saturated heterocycles. The molecule has 3 rings (SSSR count). The molecule has 1 aliphatic rings. The van der Waals surface area contributed by atoms with Crippen molar-refractivity contribution >= 4 is 5.65 Å². The monoisotopic (exact) mass is 187 g/mol. The minimum Gasteiger partial charge on any atom is -0.330 e. The molecule has 72 valence electrons. The minimum atomic E-state index is 0.636. The van der Waals surface area contributed by atoms with Crippen molar-refractivity contribution in [3.8, 4) is 0 Å². The molecule has 2 heterocycles. The van der Waals surface area contributed by atoms with E-state index < -0.39 is 0 Å². The zero-order chi connectivity index (χ0) is 9.54. The van der Waals surface area contributed by atoms with E-state index in [1.807, 2.05) is 24.4 Å². The van der Waals surface area contributed by atoms with E-state index in [4.69, 9.17) is 5.73 Å². The van der Waals surface area contributed by atoms with Crippen molar-refractivity contribution in [3.05, 3.63) is 36.3 Å². The van der Waals surface area contributed by atoms with Crippen LogP contribution in [0, 0.1) is 5.92 Å². The van der Waals surface area contributed by atoms with E-state index in [1.54, 1.807) is 0 Å². The number of nitrogens with two attached hydrogens (primary N) is 1. The van der Waals surface area contributed by atoms with Gasteiger partial charge in [-0.05, 0) is 31.0 Å². The number of hydrogen-bond acceptors (Lipinski definition) is 2. The lowest BCUT2D eigenvalue weighted by Crippen LogP contribution is -2.02. The summed E-state index contributed by atoms with van der Waals surface area (Å²) in [5.41, 5.74) is 7.99. The average Bonchev–Trinajstić information content (AvgIpc) is 2.90. The molecule has 1 fully saturated rings. The highest BCUT2D eigenvalue weighted by molar-refractivity contribution is 5.41. The number of rotatable bonds is 2. The molecule has 0 spiro atoms. The predicted molar refractivity (Wildman–Crippen MR) is 55.1 cm³/mol. The Bertz CT molecular complexity index is 460. The normalized spacial score (nSPS) is 25.5. The molecule has 2 unspecified atom stereocenters. The van der Waals surface area contributed by atoms with Crippen molar-refractivity contribution in [2.45, 2.75) is 12.3 Å². The van der Waals surface area contributed by atoms with Gasteiger partial charge in [0.05, 0.1) is 0 Å². The zero-order valence-corrected chi connectivity index (χ0v) is 7.93. The van der Waals surface area contributed by atoms with E-state index >= 15 is 0 Å². The van der Waals surface area contributed by atoms with Crippen LogP contribution in [-0.4, -0.2) is 15.9 Å². The van der Waals surface area contributed by atoms with Crippen LogP contribution in [-0.2, 0) is 0 Å². The van der Waals surface area contributed by atoms with E-state index in [2.05, 4.69) is 15.6 Å². The second-order valence-electron chi connectivity index (χ2n) is 3.95.